The highest BCUT2D eigenvalue weighted by Crippen LogP contribution is 2.47. The lowest BCUT2D eigenvalue weighted by Crippen LogP contribution is -2.11. The molecule has 1 aromatic heterocycles. The van der Waals surface area contributed by atoms with Crippen LogP contribution in [0.25, 0.3) is 52.8 Å². The molecule has 0 aliphatic rings. The van der Waals surface area contributed by atoms with Crippen LogP contribution in [0.3, 0.4) is 0 Å². The molecule has 0 N–H and O–H groups in total. The molecule has 1 nitrogen and oxygen atoms in total. The second-order valence-electron chi connectivity index (χ2n) is 10.1. The summed E-state index contributed by atoms with van der Waals surface area (Å²) in [6.07, 6.45) is 0. The number of anilines is 3. The van der Waals surface area contributed by atoms with E-state index in [1.165, 1.54) is 58.5 Å². The molecule has 0 fully saturated rings. The highest BCUT2D eigenvalue weighted by molar-refractivity contribution is 7.26. The van der Waals surface area contributed by atoms with Crippen molar-refractivity contribution in [3.8, 4) is 11.1 Å². The third kappa shape index (κ3) is 3.61. The number of nitrogens with zero attached hydrogens (tertiary/aromatic N) is 1. The molecule has 1 heterocycles. The molecule has 2 heteroatoms. The first kappa shape index (κ1) is 23.0. The van der Waals surface area contributed by atoms with E-state index < -0.39 is 0 Å². The van der Waals surface area contributed by atoms with E-state index in [1.807, 2.05) is 11.3 Å². The summed E-state index contributed by atoms with van der Waals surface area (Å²) in [6.45, 7) is 0. The van der Waals surface area contributed by atoms with Gasteiger partial charge in [0.2, 0.25) is 0 Å². The van der Waals surface area contributed by atoms with Crippen molar-refractivity contribution in [3.05, 3.63) is 152 Å². The first-order valence-electron chi connectivity index (χ1n) is 13.6. The monoisotopic (exact) mass is 527 g/mol. The van der Waals surface area contributed by atoms with Crippen molar-refractivity contribution in [1.29, 1.82) is 0 Å². The number of hydrogen-bond acceptors (Lipinski definition) is 2. The van der Waals surface area contributed by atoms with Crippen LogP contribution in [0.15, 0.2) is 152 Å². The maximum absolute atomic E-state index is 2.42. The molecule has 0 aliphatic heterocycles. The van der Waals surface area contributed by atoms with Gasteiger partial charge in [-0.1, -0.05) is 115 Å². The normalized spacial score (nSPS) is 11.5. The standard InChI is InChI=1S/C38H25NS/c1-2-15-28(16-3-1)39(33-22-11-13-26-12-4-5-17-29(26)33)34-21-8-6-18-30(34)31-20-10-14-27-24-25-36-38(37(27)31)32-19-7-9-23-35(32)40-36/h1-25H. The number of fused-ring (bicyclic) bond motifs is 6. The fourth-order valence-electron chi connectivity index (χ4n) is 6.10. The second-order valence-corrected chi connectivity index (χ2v) is 11.2. The van der Waals surface area contributed by atoms with Crippen LogP contribution in [0.4, 0.5) is 17.1 Å². The van der Waals surface area contributed by atoms with Gasteiger partial charge in [0, 0.05) is 36.8 Å². The lowest BCUT2D eigenvalue weighted by molar-refractivity contribution is 1.30. The number of benzene rings is 7. The fraction of sp³-hybridized carbons (Fsp3) is 0. The molecule has 188 valence electrons. The van der Waals surface area contributed by atoms with Gasteiger partial charge in [0.25, 0.3) is 0 Å². The SMILES string of the molecule is c1ccc(N(c2ccccc2-c2cccc3ccc4sc5ccccc5c4c23)c2cccc3ccccc23)cc1. The van der Waals surface area contributed by atoms with E-state index in [1.54, 1.807) is 0 Å². The Kier molecular flexibility index (Phi) is 5.39. The predicted molar refractivity (Wildman–Crippen MR) is 174 cm³/mol. The van der Waals surface area contributed by atoms with Gasteiger partial charge in [-0.15, -0.1) is 11.3 Å². The van der Waals surface area contributed by atoms with E-state index in [0.29, 0.717) is 0 Å². The summed E-state index contributed by atoms with van der Waals surface area (Å²) in [5.74, 6) is 0. The molecular weight excluding hydrogens is 502 g/mol. The lowest BCUT2D eigenvalue weighted by atomic mass is 9.93. The molecule has 0 saturated carbocycles. The molecule has 7 aromatic carbocycles. The topological polar surface area (TPSA) is 3.24 Å². The molecule has 8 rings (SSSR count). The highest BCUT2D eigenvalue weighted by Gasteiger charge is 2.21. The van der Waals surface area contributed by atoms with E-state index in [0.717, 1.165) is 11.4 Å². The molecule has 8 aromatic rings. The zero-order valence-corrected chi connectivity index (χ0v) is 22.6. The van der Waals surface area contributed by atoms with Crippen LogP contribution >= 0.6 is 11.3 Å². The van der Waals surface area contributed by atoms with Crippen LogP contribution in [0.5, 0.6) is 0 Å². The number of para-hydroxylation sites is 2. The van der Waals surface area contributed by atoms with Gasteiger partial charge < -0.3 is 4.90 Å². The Morgan fingerprint density at radius 3 is 1.95 bits per heavy atom. The Bertz CT molecular complexity index is 2170. The molecule has 0 bridgehead atoms. The number of rotatable bonds is 4. The Morgan fingerprint density at radius 1 is 0.375 bits per heavy atom. The van der Waals surface area contributed by atoms with Crippen LogP contribution in [-0.4, -0.2) is 0 Å². The van der Waals surface area contributed by atoms with E-state index in [-0.39, 0.29) is 0 Å². The minimum Gasteiger partial charge on any atom is -0.309 e. The highest BCUT2D eigenvalue weighted by atomic mass is 32.1. The maximum atomic E-state index is 2.42. The van der Waals surface area contributed by atoms with E-state index >= 15 is 0 Å². The van der Waals surface area contributed by atoms with Crippen molar-refractivity contribution in [2.45, 2.75) is 0 Å². The van der Waals surface area contributed by atoms with Crippen LogP contribution in [0.1, 0.15) is 0 Å². The van der Waals surface area contributed by atoms with E-state index in [4.69, 9.17) is 0 Å². The fourth-order valence-corrected chi connectivity index (χ4v) is 7.22. The first-order chi connectivity index (χ1) is 19.9. The molecule has 0 atom stereocenters. The number of hydrogen-bond donors (Lipinski definition) is 0. The van der Waals surface area contributed by atoms with Crippen LogP contribution in [0.2, 0.25) is 0 Å². The molecule has 0 aliphatic carbocycles. The van der Waals surface area contributed by atoms with Crippen LogP contribution in [-0.2, 0) is 0 Å². The van der Waals surface area contributed by atoms with Crippen LogP contribution < -0.4 is 4.90 Å². The van der Waals surface area contributed by atoms with Gasteiger partial charge in [-0.3, -0.25) is 0 Å². The lowest BCUT2D eigenvalue weighted by Gasteiger charge is -2.29. The second kappa shape index (κ2) is 9.37. The van der Waals surface area contributed by atoms with Gasteiger partial charge in [-0.05, 0) is 58.1 Å². The van der Waals surface area contributed by atoms with Gasteiger partial charge in [-0.2, -0.15) is 0 Å². The Labute approximate surface area is 237 Å². The maximum Gasteiger partial charge on any atom is 0.0540 e. The van der Waals surface area contributed by atoms with Crippen molar-refractivity contribution in [2.75, 3.05) is 4.90 Å². The van der Waals surface area contributed by atoms with Crippen LogP contribution in [0, 0.1) is 0 Å². The van der Waals surface area contributed by atoms with Crippen molar-refractivity contribution in [3.63, 3.8) is 0 Å². The molecule has 0 amide bonds. The van der Waals surface area contributed by atoms with Crippen molar-refractivity contribution in [1.82, 2.24) is 0 Å². The summed E-state index contributed by atoms with van der Waals surface area (Å²) in [5.41, 5.74) is 5.94. The quantitative estimate of drug-likeness (QED) is 0.220. The summed E-state index contributed by atoms with van der Waals surface area (Å²) in [5, 5.41) is 7.71. The molecule has 0 radical (unpaired) electrons. The minimum atomic E-state index is 1.14. The zero-order valence-electron chi connectivity index (χ0n) is 21.8. The van der Waals surface area contributed by atoms with E-state index in [9.17, 15) is 0 Å². The third-order valence-corrected chi connectivity index (χ3v) is 8.98. The number of thiophene rings is 1. The van der Waals surface area contributed by atoms with Gasteiger partial charge in [0.1, 0.15) is 0 Å². The van der Waals surface area contributed by atoms with Gasteiger partial charge >= 0.3 is 0 Å². The third-order valence-electron chi connectivity index (χ3n) is 7.84. The summed E-state index contributed by atoms with van der Waals surface area (Å²) >= 11 is 1.88. The Hall–Kier alpha value is -4.92. The summed E-state index contributed by atoms with van der Waals surface area (Å²) < 4.78 is 2.65. The molecule has 0 saturated heterocycles. The van der Waals surface area contributed by atoms with Crippen molar-refractivity contribution >= 4 is 70.1 Å². The van der Waals surface area contributed by atoms with Gasteiger partial charge in [0.15, 0.2) is 0 Å². The average Bonchev–Trinajstić information content (AvgIpc) is 3.41. The minimum absolute atomic E-state index is 1.14. The van der Waals surface area contributed by atoms with Gasteiger partial charge in [-0.25, -0.2) is 0 Å². The molecular formula is C38H25NS. The summed E-state index contributed by atoms with van der Waals surface area (Å²) in [7, 11) is 0. The summed E-state index contributed by atoms with van der Waals surface area (Å²) in [6, 6.07) is 54.9. The molecule has 0 spiro atoms. The summed E-state index contributed by atoms with van der Waals surface area (Å²) in [4.78, 5) is 2.42. The first-order valence-corrected chi connectivity index (χ1v) is 14.4. The smallest absolute Gasteiger partial charge is 0.0540 e. The average molecular weight is 528 g/mol. The Morgan fingerprint density at radius 2 is 1.02 bits per heavy atom. The Balaban J connectivity index is 1.47. The van der Waals surface area contributed by atoms with Crippen molar-refractivity contribution in [2.24, 2.45) is 0 Å². The molecule has 0 unspecified atom stereocenters. The largest absolute Gasteiger partial charge is 0.309 e. The van der Waals surface area contributed by atoms with E-state index in [2.05, 4.69) is 157 Å². The molecule has 40 heavy (non-hydrogen) atoms. The predicted octanol–water partition coefficient (Wildman–Crippen LogP) is 11.5. The van der Waals surface area contributed by atoms with Gasteiger partial charge in [0.05, 0.1) is 11.4 Å². The van der Waals surface area contributed by atoms with Crippen molar-refractivity contribution < 1.29 is 0 Å². The zero-order chi connectivity index (χ0) is 26.5.